The molecule has 2 rings (SSSR count). The van der Waals surface area contributed by atoms with Gasteiger partial charge in [-0.1, -0.05) is 20.8 Å². The molecule has 0 amide bonds. The largest absolute Gasteiger partial charge is 0.326 e. The van der Waals surface area contributed by atoms with Gasteiger partial charge >= 0.3 is 0 Å². The molecule has 0 aromatic carbocycles. The first-order valence-corrected chi connectivity index (χ1v) is 7.04. The van der Waals surface area contributed by atoms with Crippen molar-refractivity contribution in [3.63, 3.8) is 0 Å². The van der Waals surface area contributed by atoms with Crippen molar-refractivity contribution in [1.82, 2.24) is 4.90 Å². The molecule has 2 nitrogen and oxygen atoms in total. The van der Waals surface area contributed by atoms with E-state index in [-0.39, 0.29) is 0 Å². The zero-order chi connectivity index (χ0) is 11.8. The fourth-order valence-electron chi connectivity index (χ4n) is 3.11. The molecule has 0 aromatic rings. The monoisotopic (exact) mass is 224 g/mol. The van der Waals surface area contributed by atoms with Crippen molar-refractivity contribution in [2.75, 3.05) is 13.1 Å². The number of hydrogen-bond donors (Lipinski definition) is 1. The van der Waals surface area contributed by atoms with Gasteiger partial charge in [0.1, 0.15) is 0 Å². The number of rotatable bonds is 5. The van der Waals surface area contributed by atoms with E-state index >= 15 is 0 Å². The predicted octanol–water partition coefficient (Wildman–Crippen LogP) is 2.62. The summed E-state index contributed by atoms with van der Waals surface area (Å²) in [5.41, 5.74) is 6.79. The van der Waals surface area contributed by atoms with E-state index in [1.165, 1.54) is 45.2 Å². The average molecular weight is 224 g/mol. The second kappa shape index (κ2) is 4.66. The second-order valence-electron chi connectivity index (χ2n) is 6.56. The van der Waals surface area contributed by atoms with Gasteiger partial charge in [-0.05, 0) is 50.0 Å². The highest BCUT2D eigenvalue weighted by Gasteiger charge is 2.42. The smallest absolute Gasteiger partial charge is 0.0252 e. The molecule has 0 heterocycles. The van der Waals surface area contributed by atoms with E-state index in [0.717, 1.165) is 5.92 Å². The van der Waals surface area contributed by atoms with Crippen LogP contribution < -0.4 is 5.73 Å². The lowest BCUT2D eigenvalue weighted by Crippen LogP contribution is -2.50. The van der Waals surface area contributed by atoms with Gasteiger partial charge in [0.05, 0.1) is 0 Å². The van der Waals surface area contributed by atoms with Gasteiger partial charge in [-0.15, -0.1) is 0 Å². The highest BCUT2D eigenvalue weighted by atomic mass is 15.2. The van der Waals surface area contributed by atoms with Gasteiger partial charge in [0, 0.05) is 18.6 Å². The van der Waals surface area contributed by atoms with Crippen molar-refractivity contribution < 1.29 is 0 Å². The van der Waals surface area contributed by atoms with Gasteiger partial charge in [0.25, 0.3) is 0 Å². The molecule has 2 saturated carbocycles. The van der Waals surface area contributed by atoms with Crippen LogP contribution in [0.15, 0.2) is 0 Å². The molecule has 0 aliphatic heterocycles. The van der Waals surface area contributed by atoms with Gasteiger partial charge < -0.3 is 5.73 Å². The lowest BCUT2D eigenvalue weighted by atomic mass is 9.87. The molecule has 2 N–H and O–H groups in total. The first kappa shape index (κ1) is 12.4. The van der Waals surface area contributed by atoms with E-state index in [0.29, 0.717) is 17.5 Å². The summed E-state index contributed by atoms with van der Waals surface area (Å²) in [6.45, 7) is 9.50. The van der Waals surface area contributed by atoms with Gasteiger partial charge in [0.2, 0.25) is 0 Å². The minimum atomic E-state index is 0.347. The van der Waals surface area contributed by atoms with Crippen LogP contribution in [0, 0.1) is 11.3 Å². The van der Waals surface area contributed by atoms with Gasteiger partial charge in [-0.3, -0.25) is 4.90 Å². The average Bonchev–Trinajstić information content (AvgIpc) is 2.97. The van der Waals surface area contributed by atoms with Gasteiger partial charge in [-0.2, -0.15) is 0 Å². The lowest BCUT2D eigenvalue weighted by molar-refractivity contribution is 0.158. The van der Waals surface area contributed by atoms with Crippen molar-refractivity contribution >= 4 is 0 Å². The minimum absolute atomic E-state index is 0.347. The summed E-state index contributed by atoms with van der Waals surface area (Å²) in [5, 5.41) is 0. The Labute approximate surface area is 101 Å². The zero-order valence-electron chi connectivity index (χ0n) is 11.2. The first-order valence-electron chi connectivity index (χ1n) is 7.04. The summed E-state index contributed by atoms with van der Waals surface area (Å²) in [4.78, 5) is 2.69. The molecule has 0 saturated heterocycles. The molecule has 2 heteroatoms. The number of nitrogens with zero attached hydrogens (tertiary/aromatic N) is 1. The Morgan fingerprint density at radius 1 is 1.25 bits per heavy atom. The second-order valence-corrected chi connectivity index (χ2v) is 6.56. The van der Waals surface area contributed by atoms with Crippen molar-refractivity contribution in [3.05, 3.63) is 0 Å². The molecule has 0 bridgehead atoms. The molecule has 94 valence electrons. The highest BCUT2D eigenvalue weighted by molar-refractivity contribution is 4.99. The van der Waals surface area contributed by atoms with Crippen LogP contribution in [0.5, 0.6) is 0 Å². The van der Waals surface area contributed by atoms with Crippen LogP contribution in [0.3, 0.4) is 0 Å². The first-order chi connectivity index (χ1) is 7.54. The van der Waals surface area contributed by atoms with Crippen molar-refractivity contribution in [2.24, 2.45) is 17.1 Å². The molecular weight excluding hydrogens is 196 g/mol. The standard InChI is InChI=1S/C14H28N2/c1-4-9-16(10-11-5-6-11)12-7-8-14(2,3)13(12)15/h11-13H,4-10,15H2,1-3H3. The molecular formula is C14H28N2. The lowest BCUT2D eigenvalue weighted by Gasteiger charge is -2.35. The van der Waals surface area contributed by atoms with Crippen LogP contribution in [-0.4, -0.2) is 30.1 Å². The molecule has 16 heavy (non-hydrogen) atoms. The molecule has 0 aromatic heterocycles. The normalized spacial score (nSPS) is 33.6. The minimum Gasteiger partial charge on any atom is -0.326 e. The third-order valence-electron chi connectivity index (χ3n) is 4.57. The molecule has 2 unspecified atom stereocenters. The Hall–Kier alpha value is -0.0800. The summed E-state index contributed by atoms with van der Waals surface area (Å²) < 4.78 is 0. The van der Waals surface area contributed by atoms with E-state index < -0.39 is 0 Å². The predicted molar refractivity (Wildman–Crippen MR) is 69.4 cm³/mol. The van der Waals surface area contributed by atoms with Crippen LogP contribution in [0.4, 0.5) is 0 Å². The van der Waals surface area contributed by atoms with Crippen molar-refractivity contribution in [2.45, 2.75) is 65.0 Å². The molecule has 2 aliphatic rings. The highest BCUT2D eigenvalue weighted by Crippen LogP contribution is 2.40. The van der Waals surface area contributed by atoms with Crippen LogP contribution in [0.25, 0.3) is 0 Å². The van der Waals surface area contributed by atoms with Gasteiger partial charge in [0.15, 0.2) is 0 Å². The summed E-state index contributed by atoms with van der Waals surface area (Å²) in [6.07, 6.45) is 6.76. The van der Waals surface area contributed by atoms with E-state index in [1.807, 2.05) is 0 Å². The molecule has 0 radical (unpaired) electrons. The summed E-state index contributed by atoms with van der Waals surface area (Å²) in [7, 11) is 0. The zero-order valence-corrected chi connectivity index (χ0v) is 11.2. The van der Waals surface area contributed by atoms with Crippen molar-refractivity contribution in [3.8, 4) is 0 Å². The third kappa shape index (κ3) is 2.60. The maximum atomic E-state index is 6.44. The van der Waals surface area contributed by atoms with E-state index in [1.54, 1.807) is 0 Å². The summed E-state index contributed by atoms with van der Waals surface area (Å²) in [6, 6.07) is 1.02. The Morgan fingerprint density at radius 2 is 1.94 bits per heavy atom. The number of nitrogens with two attached hydrogens (primary N) is 1. The van der Waals surface area contributed by atoms with E-state index in [2.05, 4.69) is 25.7 Å². The molecule has 2 fully saturated rings. The fourth-order valence-corrected chi connectivity index (χ4v) is 3.11. The topological polar surface area (TPSA) is 29.3 Å². The Balaban J connectivity index is 1.96. The van der Waals surface area contributed by atoms with Crippen LogP contribution in [0.2, 0.25) is 0 Å². The quantitative estimate of drug-likeness (QED) is 0.778. The molecule has 0 spiro atoms. The fraction of sp³-hybridized carbons (Fsp3) is 1.00. The Morgan fingerprint density at radius 3 is 2.38 bits per heavy atom. The van der Waals surface area contributed by atoms with E-state index in [4.69, 9.17) is 5.73 Å². The third-order valence-corrected chi connectivity index (χ3v) is 4.57. The van der Waals surface area contributed by atoms with Crippen LogP contribution in [0.1, 0.15) is 52.9 Å². The summed E-state index contributed by atoms with van der Waals surface area (Å²) >= 11 is 0. The van der Waals surface area contributed by atoms with Crippen LogP contribution >= 0.6 is 0 Å². The van der Waals surface area contributed by atoms with Crippen LogP contribution in [-0.2, 0) is 0 Å². The van der Waals surface area contributed by atoms with E-state index in [9.17, 15) is 0 Å². The molecule has 2 aliphatic carbocycles. The van der Waals surface area contributed by atoms with Crippen molar-refractivity contribution in [1.29, 1.82) is 0 Å². The SMILES string of the molecule is CCCN(CC1CC1)C1CCC(C)(C)C1N. The maximum Gasteiger partial charge on any atom is 0.0252 e. The Bertz CT molecular complexity index is 233. The number of hydrogen-bond acceptors (Lipinski definition) is 2. The summed E-state index contributed by atoms with van der Waals surface area (Å²) in [5.74, 6) is 0.988. The van der Waals surface area contributed by atoms with Gasteiger partial charge in [-0.25, -0.2) is 0 Å². The Kier molecular flexibility index (Phi) is 3.60. The molecule has 2 atom stereocenters. The maximum absolute atomic E-state index is 6.44.